The number of amides is 2. The molecule has 0 bridgehead atoms. The molecule has 0 aliphatic carbocycles. The van der Waals surface area contributed by atoms with Crippen LogP contribution in [0.5, 0.6) is 0 Å². The third kappa shape index (κ3) is 3.26. The minimum atomic E-state index is -0.445. The molecule has 0 unspecified atom stereocenters. The van der Waals surface area contributed by atoms with E-state index in [9.17, 15) is 9.59 Å². The predicted molar refractivity (Wildman–Crippen MR) is 118 cm³/mol. The van der Waals surface area contributed by atoms with E-state index in [0.717, 1.165) is 15.6 Å². The molecule has 5 nitrogen and oxygen atoms in total. The average molecular weight is 462 g/mol. The van der Waals surface area contributed by atoms with Gasteiger partial charge >= 0.3 is 0 Å². The summed E-state index contributed by atoms with van der Waals surface area (Å²) in [6.45, 7) is 0. The molecule has 1 aromatic heterocycles. The van der Waals surface area contributed by atoms with Gasteiger partial charge in [-0.05, 0) is 47.9 Å². The lowest BCUT2D eigenvalue weighted by Crippen LogP contribution is -2.40. The summed E-state index contributed by atoms with van der Waals surface area (Å²) < 4.78 is 0.905. The molecule has 2 aromatic carbocycles. The Morgan fingerprint density at radius 2 is 1.63 bits per heavy atom. The molecular formula is C24H20BrN3O2. The van der Waals surface area contributed by atoms with Gasteiger partial charge in [-0.1, -0.05) is 52.3 Å². The molecule has 3 heterocycles. The van der Waals surface area contributed by atoms with Gasteiger partial charge in [0.1, 0.15) is 0 Å². The summed E-state index contributed by atoms with van der Waals surface area (Å²) in [5, 5.41) is 3.58. The molecule has 2 aliphatic rings. The van der Waals surface area contributed by atoms with Crippen LogP contribution in [0.4, 0.5) is 5.69 Å². The first kappa shape index (κ1) is 19.2. The first-order chi connectivity index (χ1) is 14.6. The number of rotatable bonds is 4. The maximum absolute atomic E-state index is 13.5. The molecule has 150 valence electrons. The fourth-order valence-corrected chi connectivity index (χ4v) is 4.95. The number of pyridine rings is 1. The van der Waals surface area contributed by atoms with E-state index < -0.39 is 11.8 Å². The Labute approximate surface area is 183 Å². The molecule has 1 N–H and O–H groups in total. The largest absolute Gasteiger partial charge is 0.305 e. The molecular weight excluding hydrogens is 442 g/mol. The minimum absolute atomic E-state index is 0.125. The summed E-state index contributed by atoms with van der Waals surface area (Å²) in [4.78, 5) is 32.6. The standard InChI is InChI=1S/C24H20BrN3O2/c25-17-8-10-18(11-9-17)28-23(29)20-19(13-15-5-2-1-3-6-15)27-22(21(20)24(28)30)16-7-4-12-26-14-16/h1-12,14,19-22,27H,13H2/t19-,20+,21+,22+/m0/s1. The fourth-order valence-electron chi connectivity index (χ4n) is 4.69. The molecule has 0 spiro atoms. The van der Waals surface area contributed by atoms with Crippen molar-refractivity contribution >= 4 is 33.4 Å². The molecule has 2 amide bonds. The van der Waals surface area contributed by atoms with Gasteiger partial charge in [-0.25, -0.2) is 4.90 Å². The number of imide groups is 1. The van der Waals surface area contributed by atoms with Crippen LogP contribution in [0.1, 0.15) is 17.2 Å². The van der Waals surface area contributed by atoms with Crippen LogP contribution in [-0.4, -0.2) is 22.8 Å². The zero-order chi connectivity index (χ0) is 20.7. The van der Waals surface area contributed by atoms with Gasteiger partial charge in [0.15, 0.2) is 0 Å². The van der Waals surface area contributed by atoms with Crippen LogP contribution in [0.2, 0.25) is 0 Å². The van der Waals surface area contributed by atoms with Crippen LogP contribution in [-0.2, 0) is 16.0 Å². The Morgan fingerprint density at radius 1 is 0.900 bits per heavy atom. The zero-order valence-electron chi connectivity index (χ0n) is 16.1. The van der Waals surface area contributed by atoms with Gasteiger partial charge in [0.05, 0.1) is 17.5 Å². The van der Waals surface area contributed by atoms with Gasteiger partial charge in [-0.3, -0.25) is 14.6 Å². The Kier molecular flexibility index (Phi) is 4.97. The van der Waals surface area contributed by atoms with Gasteiger partial charge in [0.25, 0.3) is 0 Å². The smallest absolute Gasteiger partial charge is 0.239 e. The van der Waals surface area contributed by atoms with Crippen molar-refractivity contribution in [2.24, 2.45) is 11.8 Å². The summed E-state index contributed by atoms with van der Waals surface area (Å²) >= 11 is 3.41. The second-order valence-electron chi connectivity index (χ2n) is 7.77. The van der Waals surface area contributed by atoms with E-state index in [-0.39, 0.29) is 23.9 Å². The number of hydrogen-bond acceptors (Lipinski definition) is 4. The lowest BCUT2D eigenvalue weighted by Gasteiger charge is -2.22. The van der Waals surface area contributed by atoms with Crippen molar-refractivity contribution in [3.05, 3.63) is 94.7 Å². The van der Waals surface area contributed by atoms with Gasteiger partial charge in [-0.15, -0.1) is 0 Å². The van der Waals surface area contributed by atoms with Crippen LogP contribution < -0.4 is 10.2 Å². The maximum Gasteiger partial charge on any atom is 0.239 e. The average Bonchev–Trinajstić information content (AvgIpc) is 3.27. The van der Waals surface area contributed by atoms with Crippen molar-refractivity contribution < 1.29 is 9.59 Å². The van der Waals surface area contributed by atoms with Crippen LogP contribution in [0.3, 0.4) is 0 Å². The van der Waals surface area contributed by atoms with Gasteiger partial charge in [0.2, 0.25) is 11.8 Å². The molecule has 2 aliphatic heterocycles. The highest BCUT2D eigenvalue weighted by molar-refractivity contribution is 9.10. The summed E-state index contributed by atoms with van der Waals surface area (Å²) in [6.07, 6.45) is 4.18. The van der Waals surface area contributed by atoms with E-state index in [2.05, 4.69) is 38.4 Å². The number of benzene rings is 2. The minimum Gasteiger partial charge on any atom is -0.305 e. The summed E-state index contributed by atoms with van der Waals surface area (Å²) in [6, 6.07) is 20.9. The molecule has 2 fully saturated rings. The first-order valence-corrected chi connectivity index (χ1v) is 10.8. The molecule has 4 atom stereocenters. The second kappa shape index (κ2) is 7.78. The van der Waals surface area contributed by atoms with E-state index >= 15 is 0 Å². The Hall–Kier alpha value is -2.83. The Morgan fingerprint density at radius 3 is 2.33 bits per heavy atom. The molecule has 0 saturated carbocycles. The van der Waals surface area contributed by atoms with Crippen LogP contribution >= 0.6 is 15.9 Å². The van der Waals surface area contributed by atoms with Crippen molar-refractivity contribution in [3.63, 3.8) is 0 Å². The molecule has 3 aromatic rings. The first-order valence-electron chi connectivity index (χ1n) is 9.97. The number of halogens is 1. The highest BCUT2D eigenvalue weighted by atomic mass is 79.9. The van der Waals surface area contributed by atoms with Gasteiger partial charge in [-0.2, -0.15) is 0 Å². The molecule has 0 radical (unpaired) electrons. The van der Waals surface area contributed by atoms with Crippen molar-refractivity contribution in [3.8, 4) is 0 Å². The molecule has 5 rings (SSSR count). The Balaban J connectivity index is 1.53. The van der Waals surface area contributed by atoms with Crippen LogP contribution in [0, 0.1) is 11.8 Å². The monoisotopic (exact) mass is 461 g/mol. The van der Waals surface area contributed by atoms with Crippen LogP contribution in [0.25, 0.3) is 0 Å². The topological polar surface area (TPSA) is 62.3 Å². The number of fused-ring (bicyclic) bond motifs is 1. The fraction of sp³-hybridized carbons (Fsp3) is 0.208. The Bertz CT molecular complexity index is 1070. The lowest BCUT2D eigenvalue weighted by atomic mass is 9.85. The highest BCUT2D eigenvalue weighted by Crippen LogP contribution is 2.45. The van der Waals surface area contributed by atoms with E-state index in [1.54, 1.807) is 24.5 Å². The van der Waals surface area contributed by atoms with Gasteiger partial charge in [0, 0.05) is 29.0 Å². The molecule has 6 heteroatoms. The lowest BCUT2D eigenvalue weighted by molar-refractivity contribution is -0.123. The van der Waals surface area contributed by atoms with Crippen molar-refractivity contribution in [1.29, 1.82) is 0 Å². The van der Waals surface area contributed by atoms with Crippen molar-refractivity contribution in [2.45, 2.75) is 18.5 Å². The van der Waals surface area contributed by atoms with E-state index in [1.165, 1.54) is 4.90 Å². The third-order valence-corrected chi connectivity index (χ3v) is 6.54. The number of carbonyl (C=O) groups is 2. The SMILES string of the molecule is O=C1[C@@H]2[C@H](C(=O)N1c1ccc(Br)cc1)[C@H](Cc1ccccc1)N[C@@H]2c1cccnc1. The number of nitrogens with one attached hydrogen (secondary N) is 1. The number of hydrogen-bond donors (Lipinski definition) is 1. The summed E-state index contributed by atoms with van der Waals surface area (Å²) in [7, 11) is 0. The number of carbonyl (C=O) groups excluding carboxylic acids is 2. The van der Waals surface area contributed by atoms with E-state index in [0.29, 0.717) is 12.1 Å². The zero-order valence-corrected chi connectivity index (χ0v) is 17.7. The van der Waals surface area contributed by atoms with Gasteiger partial charge < -0.3 is 5.32 Å². The molecule has 30 heavy (non-hydrogen) atoms. The van der Waals surface area contributed by atoms with E-state index in [4.69, 9.17) is 0 Å². The quantitative estimate of drug-likeness (QED) is 0.598. The van der Waals surface area contributed by atoms with Crippen molar-refractivity contribution in [2.75, 3.05) is 4.90 Å². The van der Waals surface area contributed by atoms with Crippen molar-refractivity contribution in [1.82, 2.24) is 10.3 Å². The summed E-state index contributed by atoms with van der Waals surface area (Å²) in [5.74, 6) is -1.14. The second-order valence-corrected chi connectivity index (χ2v) is 8.68. The number of anilines is 1. The highest BCUT2D eigenvalue weighted by Gasteiger charge is 2.59. The normalized spacial score (nSPS) is 25.6. The van der Waals surface area contributed by atoms with Crippen LogP contribution in [0.15, 0.2) is 83.6 Å². The predicted octanol–water partition coefficient (Wildman–Crippen LogP) is 3.91. The number of nitrogens with zero attached hydrogens (tertiary/aromatic N) is 2. The van der Waals surface area contributed by atoms with E-state index in [1.807, 2.05) is 42.5 Å². The summed E-state index contributed by atoms with van der Waals surface area (Å²) in [5.41, 5.74) is 2.69. The maximum atomic E-state index is 13.5. The number of aromatic nitrogens is 1. The third-order valence-electron chi connectivity index (χ3n) is 6.01. The molecule has 2 saturated heterocycles.